The highest BCUT2D eigenvalue weighted by Crippen LogP contribution is 2.44. The first-order chi connectivity index (χ1) is 16.4. The molecule has 0 atom stereocenters. The number of carboxylic acids is 1. The van der Waals surface area contributed by atoms with E-state index in [1.54, 1.807) is 7.05 Å². The third-order valence-corrected chi connectivity index (χ3v) is 6.58. The lowest BCUT2D eigenvalue weighted by Gasteiger charge is -2.38. The van der Waals surface area contributed by atoms with Crippen molar-refractivity contribution in [2.24, 2.45) is 5.92 Å². The largest absolute Gasteiger partial charge is 0.481 e. The predicted molar refractivity (Wildman–Crippen MR) is 121 cm³/mol. The monoisotopic (exact) mass is 461 g/mol. The molecular formula is C24H23N5O5. The van der Waals surface area contributed by atoms with Gasteiger partial charge in [-0.2, -0.15) is 4.98 Å². The molecular weight excluding hydrogens is 438 g/mol. The van der Waals surface area contributed by atoms with Crippen molar-refractivity contribution in [1.29, 1.82) is 0 Å². The first-order valence-electron chi connectivity index (χ1n) is 11.0. The summed E-state index contributed by atoms with van der Waals surface area (Å²) in [5.74, 6) is -1.91. The summed E-state index contributed by atoms with van der Waals surface area (Å²) in [7, 11) is 1.59. The van der Waals surface area contributed by atoms with E-state index in [1.807, 2.05) is 36.4 Å². The quantitative estimate of drug-likeness (QED) is 0.513. The van der Waals surface area contributed by atoms with Crippen LogP contribution in [0.2, 0.25) is 0 Å². The number of aliphatic carboxylic acids is 1. The normalized spacial score (nSPS) is 18.4. The predicted octanol–water partition coefficient (Wildman–Crippen LogP) is 3.10. The maximum Gasteiger partial charge on any atom is 0.414 e. The van der Waals surface area contributed by atoms with Crippen LogP contribution in [0.1, 0.15) is 40.5 Å². The van der Waals surface area contributed by atoms with Gasteiger partial charge in [-0.15, -0.1) is 5.10 Å². The minimum absolute atomic E-state index is 0.0461. The molecule has 0 bridgehead atoms. The number of carbonyl (C=O) groups excluding carboxylic acids is 2. The van der Waals surface area contributed by atoms with Crippen molar-refractivity contribution in [3.05, 3.63) is 65.5 Å². The van der Waals surface area contributed by atoms with E-state index >= 15 is 0 Å². The van der Waals surface area contributed by atoms with Crippen molar-refractivity contribution >= 4 is 23.9 Å². The number of amides is 2. The van der Waals surface area contributed by atoms with Crippen molar-refractivity contribution in [3.8, 4) is 11.1 Å². The van der Waals surface area contributed by atoms with Crippen LogP contribution in [0.5, 0.6) is 0 Å². The minimum Gasteiger partial charge on any atom is -0.481 e. The van der Waals surface area contributed by atoms with E-state index < -0.39 is 23.9 Å². The zero-order valence-corrected chi connectivity index (χ0v) is 18.4. The van der Waals surface area contributed by atoms with Gasteiger partial charge in [-0.1, -0.05) is 48.5 Å². The van der Waals surface area contributed by atoms with Gasteiger partial charge in [0.05, 0.1) is 5.92 Å². The fraction of sp³-hybridized carbons (Fsp3) is 0.292. The minimum atomic E-state index is -0.855. The molecule has 10 nitrogen and oxygen atoms in total. The van der Waals surface area contributed by atoms with Crippen molar-refractivity contribution in [1.82, 2.24) is 20.1 Å². The number of hydrogen-bond acceptors (Lipinski definition) is 6. The molecule has 2 amide bonds. The van der Waals surface area contributed by atoms with Gasteiger partial charge >= 0.3 is 12.1 Å². The number of nitrogens with one attached hydrogen (secondary N) is 2. The smallest absolute Gasteiger partial charge is 0.414 e. The Morgan fingerprint density at radius 3 is 2.32 bits per heavy atom. The lowest BCUT2D eigenvalue weighted by molar-refractivity contribution is -0.146. The van der Waals surface area contributed by atoms with E-state index in [0.29, 0.717) is 12.8 Å². The Labute approximate surface area is 195 Å². The average molecular weight is 461 g/mol. The summed E-state index contributed by atoms with van der Waals surface area (Å²) in [6.07, 6.45) is 0.0733. The van der Waals surface area contributed by atoms with Gasteiger partial charge in [0, 0.05) is 19.0 Å². The molecule has 3 aromatic rings. The summed E-state index contributed by atoms with van der Waals surface area (Å²) in [5, 5.41) is 17.8. The number of rotatable bonds is 6. The summed E-state index contributed by atoms with van der Waals surface area (Å²) in [6, 6.07) is 15.9. The fourth-order valence-corrected chi connectivity index (χ4v) is 4.58. The number of aromatic nitrogens is 3. The lowest BCUT2D eigenvalue weighted by atomic mass is 9.79. The maximum atomic E-state index is 12.6. The molecule has 5 rings (SSSR count). The molecule has 0 aliphatic heterocycles. The van der Waals surface area contributed by atoms with Crippen LogP contribution in [-0.2, 0) is 9.53 Å². The summed E-state index contributed by atoms with van der Waals surface area (Å²) in [6.45, 7) is 0.144. The van der Waals surface area contributed by atoms with Crippen LogP contribution in [0.25, 0.3) is 11.1 Å². The van der Waals surface area contributed by atoms with Gasteiger partial charge < -0.3 is 14.7 Å². The van der Waals surface area contributed by atoms with E-state index in [9.17, 15) is 14.4 Å². The number of carbonyl (C=O) groups is 3. The molecule has 0 saturated heterocycles. The number of benzene rings is 2. The van der Waals surface area contributed by atoms with E-state index in [4.69, 9.17) is 9.84 Å². The third-order valence-electron chi connectivity index (χ3n) is 6.58. The Bertz CT molecular complexity index is 1220. The van der Waals surface area contributed by atoms with Crippen LogP contribution in [0.15, 0.2) is 48.5 Å². The van der Waals surface area contributed by atoms with E-state index in [2.05, 4.69) is 32.6 Å². The third kappa shape index (κ3) is 3.87. The van der Waals surface area contributed by atoms with E-state index in [0.717, 1.165) is 22.3 Å². The Hall–Kier alpha value is -4.21. The number of nitrogens with zero attached hydrogens (tertiary/aromatic N) is 3. The number of carboxylic acid groups (broad SMARTS) is 1. The SMILES string of the molecule is CN(C(=O)c1nc(NC(=O)OCC2c3ccccc3-c3ccccc32)n[nH]1)C1CC(C(=O)O)C1. The Kier molecular flexibility index (Phi) is 5.48. The van der Waals surface area contributed by atoms with Gasteiger partial charge in [0.25, 0.3) is 11.9 Å². The molecule has 0 unspecified atom stereocenters. The summed E-state index contributed by atoms with van der Waals surface area (Å²) in [5.41, 5.74) is 4.47. The van der Waals surface area contributed by atoms with Gasteiger partial charge in [0.1, 0.15) is 6.61 Å². The topological polar surface area (TPSA) is 138 Å². The van der Waals surface area contributed by atoms with Crippen LogP contribution < -0.4 is 5.32 Å². The van der Waals surface area contributed by atoms with Crippen LogP contribution in [0.4, 0.5) is 10.7 Å². The van der Waals surface area contributed by atoms with Gasteiger partial charge in [-0.05, 0) is 35.1 Å². The number of hydrogen-bond donors (Lipinski definition) is 3. The molecule has 1 heterocycles. The van der Waals surface area contributed by atoms with E-state index in [1.165, 1.54) is 4.90 Å². The zero-order valence-electron chi connectivity index (χ0n) is 18.4. The molecule has 2 aromatic carbocycles. The highest BCUT2D eigenvalue weighted by atomic mass is 16.5. The Balaban J connectivity index is 1.18. The molecule has 2 aliphatic carbocycles. The summed E-state index contributed by atoms with van der Waals surface area (Å²) in [4.78, 5) is 41.4. The first-order valence-corrected chi connectivity index (χ1v) is 11.0. The highest BCUT2D eigenvalue weighted by Gasteiger charge is 2.39. The molecule has 1 aromatic heterocycles. The average Bonchev–Trinajstić information content (AvgIpc) is 3.38. The molecule has 10 heteroatoms. The van der Waals surface area contributed by atoms with E-state index in [-0.39, 0.29) is 30.3 Å². The zero-order chi connectivity index (χ0) is 23.8. The number of H-pyrrole nitrogens is 1. The molecule has 3 N–H and O–H groups in total. The molecule has 0 spiro atoms. The van der Waals surface area contributed by atoms with Crippen LogP contribution in [-0.4, -0.2) is 62.9 Å². The Morgan fingerprint density at radius 2 is 1.71 bits per heavy atom. The molecule has 2 aliphatic rings. The van der Waals surface area contributed by atoms with Crippen LogP contribution in [0.3, 0.4) is 0 Å². The second kappa shape index (κ2) is 8.62. The van der Waals surface area contributed by atoms with Gasteiger partial charge in [-0.25, -0.2) is 4.79 Å². The van der Waals surface area contributed by atoms with Gasteiger partial charge in [0.15, 0.2) is 0 Å². The molecule has 1 fully saturated rings. The first kappa shape index (κ1) is 21.6. The molecule has 1 saturated carbocycles. The maximum absolute atomic E-state index is 12.6. The van der Waals surface area contributed by atoms with Gasteiger partial charge in [0.2, 0.25) is 5.82 Å². The summed E-state index contributed by atoms with van der Waals surface area (Å²) >= 11 is 0. The number of fused-ring (bicyclic) bond motifs is 3. The van der Waals surface area contributed by atoms with Crippen LogP contribution in [0, 0.1) is 5.92 Å². The van der Waals surface area contributed by atoms with Crippen LogP contribution >= 0.6 is 0 Å². The number of aromatic amines is 1. The molecule has 0 radical (unpaired) electrons. The number of ether oxygens (including phenoxy) is 1. The van der Waals surface area contributed by atoms with Crippen molar-refractivity contribution in [3.63, 3.8) is 0 Å². The molecule has 174 valence electrons. The standard InChI is InChI=1S/C24H23N5O5/c1-29(14-10-13(11-14)22(31)32)21(30)20-25-23(28-27-20)26-24(33)34-12-19-17-8-4-2-6-15(17)16-7-3-5-9-18(16)19/h2-9,13-14,19H,10-12H2,1H3,(H,31,32)(H2,25,26,27,28,33). The fourth-order valence-electron chi connectivity index (χ4n) is 4.58. The second-order valence-electron chi connectivity index (χ2n) is 8.53. The lowest BCUT2D eigenvalue weighted by Crippen LogP contribution is -2.48. The Morgan fingerprint density at radius 1 is 1.09 bits per heavy atom. The van der Waals surface area contributed by atoms with Crippen molar-refractivity contribution < 1.29 is 24.2 Å². The summed E-state index contributed by atoms with van der Waals surface area (Å²) < 4.78 is 5.46. The number of anilines is 1. The highest BCUT2D eigenvalue weighted by molar-refractivity contribution is 5.91. The van der Waals surface area contributed by atoms with Crippen molar-refractivity contribution in [2.45, 2.75) is 24.8 Å². The molecule has 34 heavy (non-hydrogen) atoms. The van der Waals surface area contributed by atoms with Crippen molar-refractivity contribution in [2.75, 3.05) is 19.0 Å². The second-order valence-corrected chi connectivity index (χ2v) is 8.53. The van der Waals surface area contributed by atoms with Gasteiger partial charge in [-0.3, -0.25) is 20.0 Å².